The Balaban J connectivity index is 1.95. The van der Waals surface area contributed by atoms with Crippen LogP contribution in [0.2, 0.25) is 0 Å². The minimum absolute atomic E-state index is 0.0319. The number of nitrogens with zero attached hydrogens (tertiary/aromatic N) is 3. The van der Waals surface area contributed by atoms with E-state index in [0.29, 0.717) is 17.9 Å². The highest BCUT2D eigenvalue weighted by Gasteiger charge is 2.11. The van der Waals surface area contributed by atoms with Crippen molar-refractivity contribution in [2.75, 3.05) is 0 Å². The lowest BCUT2D eigenvalue weighted by Crippen LogP contribution is -2.01. The van der Waals surface area contributed by atoms with Crippen LogP contribution in [0.15, 0.2) is 60.9 Å². The summed E-state index contributed by atoms with van der Waals surface area (Å²) in [5, 5.41) is 20.4. The zero-order valence-electron chi connectivity index (χ0n) is 11.6. The molecular formula is C16H13N3O3. The summed E-state index contributed by atoms with van der Waals surface area (Å²) in [6.45, 7) is 0.520. The fourth-order valence-electron chi connectivity index (χ4n) is 2.31. The molecule has 3 rings (SSSR count). The molecule has 2 aromatic carbocycles. The fourth-order valence-corrected chi connectivity index (χ4v) is 2.31. The number of phenols is 1. The number of non-ortho nitro benzene ring substituents is 1. The van der Waals surface area contributed by atoms with Crippen molar-refractivity contribution < 1.29 is 10.0 Å². The molecule has 1 N–H and O–H groups in total. The Bertz CT molecular complexity index is 827. The number of hydrogen-bond donors (Lipinski definition) is 1. The second kappa shape index (κ2) is 5.69. The zero-order chi connectivity index (χ0) is 15.5. The van der Waals surface area contributed by atoms with Crippen LogP contribution in [0.3, 0.4) is 0 Å². The number of nitro groups is 1. The molecule has 0 amide bonds. The number of aromatic hydroxyl groups is 1. The van der Waals surface area contributed by atoms with Gasteiger partial charge in [-0.3, -0.25) is 10.1 Å². The number of nitro benzene ring substituents is 1. The number of aromatic nitrogens is 2. The van der Waals surface area contributed by atoms with Gasteiger partial charge in [0.05, 0.1) is 4.92 Å². The lowest BCUT2D eigenvalue weighted by atomic mass is 10.1. The van der Waals surface area contributed by atoms with Crippen LogP contribution < -0.4 is 0 Å². The van der Waals surface area contributed by atoms with Crippen LogP contribution in [0.25, 0.3) is 11.4 Å². The summed E-state index contributed by atoms with van der Waals surface area (Å²) >= 11 is 0. The molecular weight excluding hydrogens is 282 g/mol. The normalized spacial score (nSPS) is 10.5. The molecule has 0 unspecified atom stereocenters. The highest BCUT2D eigenvalue weighted by atomic mass is 16.6. The first kappa shape index (κ1) is 13.8. The SMILES string of the molecule is O=[N+]([O-])c1cccc(-c2nccn2Cc2cccc(O)c2)c1. The maximum absolute atomic E-state index is 10.9. The van der Waals surface area contributed by atoms with Crippen LogP contribution in [0, 0.1) is 10.1 Å². The number of rotatable bonds is 4. The van der Waals surface area contributed by atoms with Crippen LogP contribution in [-0.2, 0) is 6.54 Å². The lowest BCUT2D eigenvalue weighted by molar-refractivity contribution is -0.384. The summed E-state index contributed by atoms with van der Waals surface area (Å²) in [5.74, 6) is 0.849. The van der Waals surface area contributed by atoms with Crippen molar-refractivity contribution in [3.8, 4) is 17.1 Å². The summed E-state index contributed by atoms with van der Waals surface area (Å²) < 4.78 is 1.88. The Hall–Kier alpha value is -3.15. The van der Waals surface area contributed by atoms with Gasteiger partial charge in [-0.15, -0.1) is 0 Å². The molecule has 1 heterocycles. The maximum Gasteiger partial charge on any atom is 0.270 e. The Morgan fingerprint density at radius 2 is 2.00 bits per heavy atom. The molecule has 0 radical (unpaired) electrons. The molecule has 0 saturated carbocycles. The Morgan fingerprint density at radius 3 is 2.77 bits per heavy atom. The van der Waals surface area contributed by atoms with Gasteiger partial charge in [0.15, 0.2) is 0 Å². The second-order valence-corrected chi connectivity index (χ2v) is 4.86. The predicted molar refractivity (Wildman–Crippen MR) is 81.5 cm³/mol. The molecule has 0 spiro atoms. The summed E-state index contributed by atoms with van der Waals surface area (Å²) in [5.41, 5.74) is 1.63. The summed E-state index contributed by atoms with van der Waals surface area (Å²) in [6.07, 6.45) is 3.45. The predicted octanol–water partition coefficient (Wildman–Crippen LogP) is 3.21. The van der Waals surface area contributed by atoms with E-state index in [-0.39, 0.29) is 11.4 Å². The van der Waals surface area contributed by atoms with Crippen LogP contribution in [0.4, 0.5) is 5.69 Å². The van der Waals surface area contributed by atoms with Gasteiger partial charge in [0.25, 0.3) is 5.69 Å². The van der Waals surface area contributed by atoms with Gasteiger partial charge in [0, 0.05) is 36.6 Å². The Labute approximate surface area is 126 Å². The number of phenolic OH excluding ortho intramolecular Hbond substituents is 1. The van der Waals surface area contributed by atoms with Crippen molar-refractivity contribution >= 4 is 5.69 Å². The molecule has 0 aliphatic rings. The van der Waals surface area contributed by atoms with E-state index in [1.54, 1.807) is 42.7 Å². The van der Waals surface area contributed by atoms with E-state index in [1.165, 1.54) is 12.1 Å². The minimum Gasteiger partial charge on any atom is -0.508 e. The van der Waals surface area contributed by atoms with Gasteiger partial charge < -0.3 is 9.67 Å². The summed E-state index contributed by atoms with van der Waals surface area (Å²) in [7, 11) is 0. The lowest BCUT2D eigenvalue weighted by Gasteiger charge is -2.08. The standard InChI is InChI=1S/C16H13N3O3/c20-15-6-1-3-12(9-15)11-18-8-7-17-16(18)13-4-2-5-14(10-13)19(21)22/h1-10,20H,11H2. The van der Waals surface area contributed by atoms with Crippen LogP contribution >= 0.6 is 0 Å². The van der Waals surface area contributed by atoms with E-state index in [0.717, 1.165) is 5.56 Å². The number of hydrogen-bond acceptors (Lipinski definition) is 4. The topological polar surface area (TPSA) is 81.2 Å². The van der Waals surface area contributed by atoms with Gasteiger partial charge in [-0.2, -0.15) is 0 Å². The van der Waals surface area contributed by atoms with Crippen LogP contribution in [0.1, 0.15) is 5.56 Å². The van der Waals surface area contributed by atoms with Crippen molar-refractivity contribution in [1.82, 2.24) is 9.55 Å². The van der Waals surface area contributed by atoms with Crippen molar-refractivity contribution in [3.05, 3.63) is 76.6 Å². The molecule has 6 nitrogen and oxygen atoms in total. The number of benzene rings is 2. The van der Waals surface area contributed by atoms with Gasteiger partial charge in [-0.05, 0) is 17.7 Å². The highest BCUT2D eigenvalue weighted by Crippen LogP contribution is 2.23. The highest BCUT2D eigenvalue weighted by molar-refractivity contribution is 5.59. The quantitative estimate of drug-likeness (QED) is 0.592. The monoisotopic (exact) mass is 295 g/mol. The molecule has 0 saturated heterocycles. The average Bonchev–Trinajstić information content (AvgIpc) is 2.95. The molecule has 6 heteroatoms. The average molecular weight is 295 g/mol. The largest absolute Gasteiger partial charge is 0.508 e. The summed E-state index contributed by atoms with van der Waals surface area (Å²) in [4.78, 5) is 14.7. The van der Waals surface area contributed by atoms with E-state index in [2.05, 4.69) is 4.98 Å². The Kier molecular flexibility index (Phi) is 3.57. The third kappa shape index (κ3) is 2.80. The Morgan fingerprint density at radius 1 is 1.18 bits per heavy atom. The zero-order valence-corrected chi connectivity index (χ0v) is 11.6. The first-order valence-corrected chi connectivity index (χ1v) is 6.67. The smallest absolute Gasteiger partial charge is 0.270 e. The third-order valence-electron chi connectivity index (χ3n) is 3.29. The van der Waals surface area contributed by atoms with E-state index >= 15 is 0 Å². The van der Waals surface area contributed by atoms with E-state index in [4.69, 9.17) is 0 Å². The minimum atomic E-state index is -0.425. The van der Waals surface area contributed by atoms with Crippen LogP contribution in [0.5, 0.6) is 5.75 Å². The van der Waals surface area contributed by atoms with Gasteiger partial charge in [-0.1, -0.05) is 24.3 Å². The van der Waals surface area contributed by atoms with Gasteiger partial charge in [-0.25, -0.2) is 4.98 Å². The second-order valence-electron chi connectivity index (χ2n) is 4.86. The summed E-state index contributed by atoms with van der Waals surface area (Å²) in [6, 6.07) is 13.3. The van der Waals surface area contributed by atoms with Gasteiger partial charge in [0.1, 0.15) is 11.6 Å². The van der Waals surface area contributed by atoms with Gasteiger partial charge in [0.2, 0.25) is 0 Å². The maximum atomic E-state index is 10.9. The van der Waals surface area contributed by atoms with Crippen molar-refractivity contribution in [2.24, 2.45) is 0 Å². The molecule has 0 fully saturated rings. The van der Waals surface area contributed by atoms with E-state index in [1.807, 2.05) is 10.6 Å². The van der Waals surface area contributed by atoms with Crippen LogP contribution in [-0.4, -0.2) is 19.6 Å². The fraction of sp³-hybridized carbons (Fsp3) is 0.0625. The molecule has 110 valence electrons. The first-order chi connectivity index (χ1) is 10.6. The third-order valence-corrected chi connectivity index (χ3v) is 3.29. The van der Waals surface area contributed by atoms with E-state index < -0.39 is 4.92 Å². The molecule has 3 aromatic rings. The molecule has 22 heavy (non-hydrogen) atoms. The molecule has 0 aliphatic carbocycles. The molecule has 0 atom stereocenters. The molecule has 0 aliphatic heterocycles. The molecule has 0 bridgehead atoms. The van der Waals surface area contributed by atoms with Gasteiger partial charge >= 0.3 is 0 Å². The van der Waals surface area contributed by atoms with E-state index in [9.17, 15) is 15.2 Å². The first-order valence-electron chi connectivity index (χ1n) is 6.67. The molecule has 1 aromatic heterocycles. The van der Waals surface area contributed by atoms with Crippen molar-refractivity contribution in [1.29, 1.82) is 0 Å². The van der Waals surface area contributed by atoms with Crippen molar-refractivity contribution in [2.45, 2.75) is 6.54 Å². The number of imidazole rings is 1. The van der Waals surface area contributed by atoms with Crippen molar-refractivity contribution in [3.63, 3.8) is 0 Å².